The highest BCUT2D eigenvalue weighted by molar-refractivity contribution is 5.80. The van der Waals surface area contributed by atoms with E-state index in [0.29, 0.717) is 5.56 Å². The van der Waals surface area contributed by atoms with Gasteiger partial charge in [0.15, 0.2) is 0 Å². The number of hydrogen-bond donors (Lipinski definition) is 3. The number of aldehydes is 1. The minimum Gasteiger partial charge on any atom is -0.391 e. The van der Waals surface area contributed by atoms with Crippen molar-refractivity contribution >= 4 is 18.3 Å². The molecule has 0 spiro atoms. The van der Waals surface area contributed by atoms with Crippen LogP contribution < -0.4 is 11.5 Å². The van der Waals surface area contributed by atoms with Crippen LogP contribution in [0.1, 0.15) is 34.0 Å². The fraction of sp³-hybridized carbons (Fsp3) is 0.308. The zero-order chi connectivity index (χ0) is 24.1. The zero-order valence-electron chi connectivity index (χ0n) is 18.8. The molecule has 1 heterocycles. The molecule has 1 aliphatic heterocycles. The first-order valence-electron chi connectivity index (χ1n) is 10.7. The van der Waals surface area contributed by atoms with Crippen LogP contribution in [-0.4, -0.2) is 60.6 Å². The van der Waals surface area contributed by atoms with E-state index in [4.69, 9.17) is 21.3 Å². The first-order valence-corrected chi connectivity index (χ1v) is 10.7. The molecule has 1 fully saturated rings. The summed E-state index contributed by atoms with van der Waals surface area (Å²) in [5.74, 6) is 5.51. The second kappa shape index (κ2) is 14.0. The molecule has 2 atom stereocenters. The molecule has 7 heteroatoms. The number of aliphatic hydroxyl groups excluding tert-OH is 1. The van der Waals surface area contributed by atoms with Crippen LogP contribution in [0.3, 0.4) is 0 Å². The van der Waals surface area contributed by atoms with E-state index in [1.54, 1.807) is 12.1 Å². The number of primary amides is 1. The molecule has 1 aliphatic rings. The summed E-state index contributed by atoms with van der Waals surface area (Å²) >= 11 is 0. The summed E-state index contributed by atoms with van der Waals surface area (Å²) in [5, 5.41) is 8.57. The monoisotopic (exact) mass is 449 g/mol. The quantitative estimate of drug-likeness (QED) is 0.455. The molecule has 3 rings (SSSR count). The molecule has 1 amide bonds. The standard InChI is InChI=1S/C22H21NO2.C4H10N2O2/c24-18-22-11-7-20(8-12-22)4-2-1-3-19-5-9-21(10-6-19)17-23-13-15-25-16-14-23;1-2(7)3(5)4(6)8/h2,4-12,18H,13-17H2;2-3,7H,5H2,1H3,(H2,6,8)/b4-2+;. The summed E-state index contributed by atoms with van der Waals surface area (Å²) in [6.07, 6.45) is 3.76. The Morgan fingerprint density at radius 3 is 2.24 bits per heavy atom. The summed E-state index contributed by atoms with van der Waals surface area (Å²) in [7, 11) is 0. The van der Waals surface area contributed by atoms with Crippen LogP contribution in [0.4, 0.5) is 0 Å². The van der Waals surface area contributed by atoms with Gasteiger partial charge in [-0.05, 0) is 42.3 Å². The number of nitrogens with zero attached hydrogens (tertiary/aromatic N) is 1. The lowest BCUT2D eigenvalue weighted by atomic mass is 10.1. The Labute approximate surface area is 195 Å². The summed E-state index contributed by atoms with van der Waals surface area (Å²) in [4.78, 5) is 23.1. The van der Waals surface area contributed by atoms with E-state index in [1.165, 1.54) is 12.5 Å². The Balaban J connectivity index is 0.000000414. The lowest BCUT2D eigenvalue weighted by Crippen LogP contribution is -2.44. The second-order valence-corrected chi connectivity index (χ2v) is 7.64. The summed E-state index contributed by atoms with van der Waals surface area (Å²) in [6, 6.07) is 14.9. The van der Waals surface area contributed by atoms with Crippen LogP contribution in [-0.2, 0) is 16.1 Å². The third kappa shape index (κ3) is 9.81. The van der Waals surface area contributed by atoms with Crippen molar-refractivity contribution in [2.75, 3.05) is 26.3 Å². The number of aliphatic hydroxyl groups is 1. The predicted molar refractivity (Wildman–Crippen MR) is 129 cm³/mol. The number of rotatable bonds is 6. The van der Waals surface area contributed by atoms with Crippen LogP contribution in [0, 0.1) is 11.8 Å². The number of benzene rings is 2. The maximum atomic E-state index is 10.6. The highest BCUT2D eigenvalue weighted by atomic mass is 16.5. The highest BCUT2D eigenvalue weighted by Crippen LogP contribution is 2.09. The molecule has 174 valence electrons. The lowest BCUT2D eigenvalue weighted by Gasteiger charge is -2.26. The molecule has 2 aromatic carbocycles. The third-order valence-corrected chi connectivity index (χ3v) is 4.96. The zero-order valence-corrected chi connectivity index (χ0v) is 18.8. The average molecular weight is 450 g/mol. The van der Waals surface area contributed by atoms with Gasteiger partial charge in [-0.25, -0.2) is 0 Å². The van der Waals surface area contributed by atoms with Crippen molar-refractivity contribution in [2.24, 2.45) is 11.5 Å². The van der Waals surface area contributed by atoms with Gasteiger partial charge in [-0.15, -0.1) is 0 Å². The summed E-state index contributed by atoms with van der Waals surface area (Å²) < 4.78 is 5.37. The molecule has 0 bridgehead atoms. The van der Waals surface area contributed by atoms with Crippen LogP contribution in [0.5, 0.6) is 0 Å². The van der Waals surface area contributed by atoms with Gasteiger partial charge in [-0.3, -0.25) is 14.5 Å². The third-order valence-electron chi connectivity index (χ3n) is 4.96. The van der Waals surface area contributed by atoms with E-state index in [2.05, 4.69) is 41.0 Å². The molecule has 7 nitrogen and oxygen atoms in total. The van der Waals surface area contributed by atoms with Crippen molar-refractivity contribution in [3.63, 3.8) is 0 Å². The van der Waals surface area contributed by atoms with Gasteiger partial charge in [-0.1, -0.05) is 48.2 Å². The fourth-order valence-corrected chi connectivity index (χ4v) is 2.90. The Morgan fingerprint density at radius 1 is 1.12 bits per heavy atom. The van der Waals surface area contributed by atoms with Gasteiger partial charge in [0.2, 0.25) is 5.91 Å². The summed E-state index contributed by atoms with van der Waals surface area (Å²) in [5.41, 5.74) is 13.8. The van der Waals surface area contributed by atoms with Gasteiger partial charge in [0.25, 0.3) is 0 Å². The second-order valence-electron chi connectivity index (χ2n) is 7.64. The smallest absolute Gasteiger partial charge is 0.237 e. The number of amides is 1. The normalized spacial score (nSPS) is 15.5. The highest BCUT2D eigenvalue weighted by Gasteiger charge is 2.14. The number of hydrogen-bond acceptors (Lipinski definition) is 6. The lowest BCUT2D eigenvalue weighted by molar-refractivity contribution is -0.121. The van der Waals surface area contributed by atoms with E-state index in [9.17, 15) is 9.59 Å². The number of nitrogens with two attached hydrogens (primary N) is 2. The topological polar surface area (TPSA) is 119 Å². The molecule has 0 radical (unpaired) electrons. The van der Waals surface area contributed by atoms with Crippen molar-refractivity contribution in [3.8, 4) is 11.8 Å². The van der Waals surface area contributed by atoms with Crippen molar-refractivity contribution in [3.05, 3.63) is 76.9 Å². The van der Waals surface area contributed by atoms with Gasteiger partial charge in [-0.2, -0.15) is 0 Å². The number of carbonyl (C=O) groups is 2. The van der Waals surface area contributed by atoms with Crippen LogP contribution in [0.25, 0.3) is 6.08 Å². The maximum absolute atomic E-state index is 10.6. The molecule has 5 N–H and O–H groups in total. The van der Waals surface area contributed by atoms with Crippen molar-refractivity contribution in [1.82, 2.24) is 4.90 Å². The van der Waals surface area contributed by atoms with Crippen LogP contribution >= 0.6 is 0 Å². The molecular weight excluding hydrogens is 418 g/mol. The number of ether oxygens (including phenoxy) is 1. The van der Waals surface area contributed by atoms with E-state index in [-0.39, 0.29) is 0 Å². The molecule has 33 heavy (non-hydrogen) atoms. The Hall–Kier alpha value is -3.28. The molecule has 2 unspecified atom stereocenters. The van der Waals surface area contributed by atoms with Gasteiger partial charge < -0.3 is 21.3 Å². The Bertz CT molecular complexity index is 967. The SMILES string of the molecule is CC(O)C(N)C(N)=O.O=Cc1ccc(/C=C/C#Cc2ccc(CN3CCOCC3)cc2)cc1. The predicted octanol–water partition coefficient (Wildman–Crippen LogP) is 1.58. The number of morpholine rings is 1. The molecule has 0 aliphatic carbocycles. The summed E-state index contributed by atoms with van der Waals surface area (Å²) in [6.45, 7) is 6.03. The maximum Gasteiger partial charge on any atom is 0.237 e. The minimum atomic E-state index is -0.935. The number of carbonyl (C=O) groups excluding carboxylic acids is 2. The Morgan fingerprint density at radius 2 is 1.73 bits per heavy atom. The first-order chi connectivity index (χ1) is 15.9. The molecule has 0 saturated carbocycles. The largest absolute Gasteiger partial charge is 0.391 e. The van der Waals surface area contributed by atoms with Gasteiger partial charge in [0.1, 0.15) is 12.3 Å². The van der Waals surface area contributed by atoms with Crippen molar-refractivity contribution in [1.29, 1.82) is 0 Å². The molecule has 0 aromatic heterocycles. The molecule has 1 saturated heterocycles. The van der Waals surface area contributed by atoms with E-state index in [1.807, 2.05) is 24.3 Å². The van der Waals surface area contributed by atoms with E-state index >= 15 is 0 Å². The molecular formula is C26H31N3O4. The van der Waals surface area contributed by atoms with Gasteiger partial charge in [0, 0.05) is 30.8 Å². The fourth-order valence-electron chi connectivity index (χ4n) is 2.90. The molecule has 2 aromatic rings. The Kier molecular flexibility index (Phi) is 11.0. The van der Waals surface area contributed by atoms with Gasteiger partial charge >= 0.3 is 0 Å². The first kappa shape index (κ1) is 26.0. The van der Waals surface area contributed by atoms with E-state index in [0.717, 1.165) is 50.3 Å². The number of allylic oxidation sites excluding steroid dienone is 1. The minimum absolute atomic E-state index is 0.681. The average Bonchev–Trinajstić information content (AvgIpc) is 2.83. The van der Waals surface area contributed by atoms with Gasteiger partial charge in [0.05, 0.1) is 19.3 Å². The van der Waals surface area contributed by atoms with Crippen LogP contribution in [0.15, 0.2) is 54.6 Å². The van der Waals surface area contributed by atoms with Crippen molar-refractivity contribution < 1.29 is 19.4 Å². The van der Waals surface area contributed by atoms with E-state index < -0.39 is 18.1 Å². The van der Waals surface area contributed by atoms with Crippen LogP contribution in [0.2, 0.25) is 0 Å². The van der Waals surface area contributed by atoms with Crippen molar-refractivity contribution in [2.45, 2.75) is 25.6 Å².